The van der Waals surface area contributed by atoms with Crippen LogP contribution in [0, 0.1) is 0 Å². The lowest BCUT2D eigenvalue weighted by molar-refractivity contribution is 0.150. The minimum Gasteiger partial charge on any atom is -0.496 e. The van der Waals surface area contributed by atoms with Gasteiger partial charge in [0.2, 0.25) is 0 Å². The van der Waals surface area contributed by atoms with Crippen LogP contribution in [0.25, 0.3) is 0 Å². The van der Waals surface area contributed by atoms with Crippen LogP contribution in [0.4, 0.5) is 0 Å². The molecular formula is C14H20O3. The van der Waals surface area contributed by atoms with Gasteiger partial charge in [0.25, 0.3) is 0 Å². The normalized spacial score (nSPS) is 16.7. The number of benzene rings is 1. The number of aliphatic hydroxyl groups is 1. The lowest BCUT2D eigenvalue weighted by atomic mass is 10.0. The van der Waals surface area contributed by atoms with E-state index >= 15 is 0 Å². The molecule has 0 heterocycles. The topological polar surface area (TPSA) is 38.7 Å². The molecule has 0 bridgehead atoms. The van der Waals surface area contributed by atoms with E-state index in [4.69, 9.17) is 9.47 Å². The monoisotopic (exact) mass is 236 g/mol. The Bertz CT molecular complexity index is 408. The molecule has 0 aliphatic heterocycles. The third-order valence-corrected chi connectivity index (χ3v) is 3.41. The minimum atomic E-state index is -0.508. The average molecular weight is 236 g/mol. The van der Waals surface area contributed by atoms with Crippen molar-refractivity contribution in [2.75, 3.05) is 14.2 Å². The first-order chi connectivity index (χ1) is 8.11. The summed E-state index contributed by atoms with van der Waals surface area (Å²) in [6.07, 6.45) is 3.32. The summed E-state index contributed by atoms with van der Waals surface area (Å²) in [6.45, 7) is 2.09. The molecule has 1 saturated carbocycles. The third kappa shape index (κ3) is 2.55. The zero-order chi connectivity index (χ0) is 12.5. The number of rotatable bonds is 5. The number of hydrogen-bond donors (Lipinski definition) is 1. The van der Waals surface area contributed by atoms with Crippen LogP contribution >= 0.6 is 0 Å². The summed E-state index contributed by atoms with van der Waals surface area (Å²) in [5, 5.41) is 10.00. The molecule has 0 atom stereocenters. The predicted molar refractivity (Wildman–Crippen MR) is 66.8 cm³/mol. The Labute approximate surface area is 102 Å². The summed E-state index contributed by atoms with van der Waals surface area (Å²) in [6, 6.07) is 4.01. The van der Waals surface area contributed by atoms with Crippen molar-refractivity contribution in [3.05, 3.63) is 23.3 Å². The SMILES string of the molecule is CCc1cc(OC)c(CC2(O)CC2)cc1OC. The minimum absolute atomic E-state index is 0.508. The maximum Gasteiger partial charge on any atom is 0.122 e. The Hall–Kier alpha value is -1.22. The molecular weight excluding hydrogens is 216 g/mol. The molecule has 3 nitrogen and oxygen atoms in total. The van der Waals surface area contributed by atoms with Gasteiger partial charge < -0.3 is 14.6 Å². The third-order valence-electron chi connectivity index (χ3n) is 3.41. The van der Waals surface area contributed by atoms with Crippen molar-refractivity contribution in [1.29, 1.82) is 0 Å². The highest BCUT2D eigenvalue weighted by molar-refractivity contribution is 5.47. The van der Waals surface area contributed by atoms with Crippen molar-refractivity contribution in [2.24, 2.45) is 0 Å². The molecule has 0 saturated heterocycles. The molecule has 2 rings (SSSR count). The summed E-state index contributed by atoms with van der Waals surface area (Å²) < 4.78 is 10.8. The highest BCUT2D eigenvalue weighted by atomic mass is 16.5. The van der Waals surface area contributed by atoms with Crippen LogP contribution in [0.2, 0.25) is 0 Å². The van der Waals surface area contributed by atoms with Gasteiger partial charge in [-0.1, -0.05) is 6.92 Å². The summed E-state index contributed by atoms with van der Waals surface area (Å²) in [5.41, 5.74) is 1.66. The largest absolute Gasteiger partial charge is 0.496 e. The van der Waals surface area contributed by atoms with E-state index in [-0.39, 0.29) is 0 Å². The Balaban J connectivity index is 2.35. The predicted octanol–water partition coefficient (Wildman–Crippen LogP) is 2.33. The van der Waals surface area contributed by atoms with E-state index in [0.717, 1.165) is 41.9 Å². The second kappa shape index (κ2) is 4.57. The molecule has 1 fully saturated rings. The maximum atomic E-state index is 10.00. The second-order valence-corrected chi connectivity index (χ2v) is 4.73. The van der Waals surface area contributed by atoms with Gasteiger partial charge in [-0.3, -0.25) is 0 Å². The molecule has 0 aromatic heterocycles. The standard InChI is InChI=1S/C14H20O3/c1-4-10-7-13(17-3)11(8-12(10)16-2)9-14(15)5-6-14/h7-8,15H,4-6,9H2,1-3H3. The van der Waals surface area contributed by atoms with Crippen LogP contribution in [0.1, 0.15) is 30.9 Å². The lowest BCUT2D eigenvalue weighted by Crippen LogP contribution is -2.12. The van der Waals surface area contributed by atoms with Crippen molar-refractivity contribution in [2.45, 2.75) is 38.2 Å². The smallest absolute Gasteiger partial charge is 0.122 e. The van der Waals surface area contributed by atoms with Crippen molar-refractivity contribution in [3.63, 3.8) is 0 Å². The van der Waals surface area contributed by atoms with Gasteiger partial charge in [-0.05, 0) is 37.0 Å². The Kier molecular flexibility index (Phi) is 3.29. The molecule has 0 unspecified atom stereocenters. The number of methoxy groups -OCH3 is 2. The zero-order valence-electron chi connectivity index (χ0n) is 10.7. The van der Waals surface area contributed by atoms with E-state index < -0.39 is 5.60 Å². The van der Waals surface area contributed by atoms with Gasteiger partial charge in [0.05, 0.1) is 19.8 Å². The molecule has 17 heavy (non-hydrogen) atoms. The fraction of sp³-hybridized carbons (Fsp3) is 0.571. The van der Waals surface area contributed by atoms with Gasteiger partial charge in [-0.2, -0.15) is 0 Å². The molecule has 3 heteroatoms. The van der Waals surface area contributed by atoms with E-state index in [1.165, 1.54) is 0 Å². The highest BCUT2D eigenvalue weighted by Gasteiger charge is 2.41. The summed E-state index contributed by atoms with van der Waals surface area (Å²) in [5.74, 6) is 1.73. The Morgan fingerprint density at radius 1 is 1.12 bits per heavy atom. The fourth-order valence-corrected chi connectivity index (χ4v) is 2.11. The van der Waals surface area contributed by atoms with Gasteiger partial charge in [-0.15, -0.1) is 0 Å². The summed E-state index contributed by atoms with van der Waals surface area (Å²) >= 11 is 0. The van der Waals surface area contributed by atoms with Gasteiger partial charge in [-0.25, -0.2) is 0 Å². The van der Waals surface area contributed by atoms with E-state index in [0.29, 0.717) is 6.42 Å². The van der Waals surface area contributed by atoms with Crippen molar-refractivity contribution < 1.29 is 14.6 Å². The van der Waals surface area contributed by atoms with Crippen molar-refractivity contribution >= 4 is 0 Å². The van der Waals surface area contributed by atoms with E-state index in [2.05, 4.69) is 6.92 Å². The average Bonchev–Trinajstić information content (AvgIpc) is 3.06. The number of hydrogen-bond acceptors (Lipinski definition) is 3. The maximum absolute atomic E-state index is 10.00. The second-order valence-electron chi connectivity index (χ2n) is 4.73. The van der Waals surface area contributed by atoms with E-state index in [9.17, 15) is 5.11 Å². The van der Waals surface area contributed by atoms with Gasteiger partial charge in [0, 0.05) is 12.0 Å². The summed E-state index contributed by atoms with van der Waals surface area (Å²) in [7, 11) is 3.35. The van der Waals surface area contributed by atoms with Crippen LogP contribution in [-0.4, -0.2) is 24.9 Å². The molecule has 0 radical (unpaired) electrons. The fourth-order valence-electron chi connectivity index (χ4n) is 2.11. The van der Waals surface area contributed by atoms with Crippen LogP contribution in [0.15, 0.2) is 12.1 Å². The molecule has 1 aromatic carbocycles. The van der Waals surface area contributed by atoms with Crippen molar-refractivity contribution in [1.82, 2.24) is 0 Å². The van der Waals surface area contributed by atoms with Gasteiger partial charge >= 0.3 is 0 Å². The molecule has 1 aromatic rings. The van der Waals surface area contributed by atoms with Crippen LogP contribution in [-0.2, 0) is 12.8 Å². The first-order valence-electron chi connectivity index (χ1n) is 6.08. The molecule has 1 aliphatic carbocycles. The number of aryl methyl sites for hydroxylation is 1. The molecule has 0 amide bonds. The summed E-state index contributed by atoms with van der Waals surface area (Å²) in [4.78, 5) is 0. The Morgan fingerprint density at radius 2 is 1.65 bits per heavy atom. The zero-order valence-corrected chi connectivity index (χ0v) is 10.7. The molecule has 1 N–H and O–H groups in total. The molecule has 94 valence electrons. The van der Waals surface area contributed by atoms with Crippen molar-refractivity contribution in [3.8, 4) is 11.5 Å². The van der Waals surface area contributed by atoms with Crippen LogP contribution < -0.4 is 9.47 Å². The van der Waals surface area contributed by atoms with Crippen LogP contribution in [0.3, 0.4) is 0 Å². The van der Waals surface area contributed by atoms with Gasteiger partial charge in [0.15, 0.2) is 0 Å². The first-order valence-corrected chi connectivity index (χ1v) is 6.08. The van der Waals surface area contributed by atoms with Crippen LogP contribution in [0.5, 0.6) is 11.5 Å². The van der Waals surface area contributed by atoms with E-state index in [1.807, 2.05) is 12.1 Å². The quantitative estimate of drug-likeness (QED) is 0.852. The highest BCUT2D eigenvalue weighted by Crippen LogP contribution is 2.41. The first kappa shape index (κ1) is 12.2. The van der Waals surface area contributed by atoms with E-state index in [1.54, 1.807) is 14.2 Å². The molecule has 1 aliphatic rings. The van der Waals surface area contributed by atoms with Gasteiger partial charge in [0.1, 0.15) is 11.5 Å². The number of ether oxygens (including phenoxy) is 2. The lowest BCUT2D eigenvalue weighted by Gasteiger charge is -2.16. The Morgan fingerprint density at radius 3 is 2.12 bits per heavy atom. The molecule has 0 spiro atoms.